The average molecular weight is 365 g/mol. The SMILES string of the molecule is CCOC(=O)c1c(CO)nn2c(-c3ccc(C(F)(F)F)cc3)ccnc12. The van der Waals surface area contributed by atoms with E-state index in [1.54, 1.807) is 13.0 Å². The van der Waals surface area contributed by atoms with Crippen molar-refractivity contribution in [1.82, 2.24) is 14.6 Å². The lowest BCUT2D eigenvalue weighted by molar-refractivity contribution is -0.137. The standard InChI is InChI=1S/C17H14F3N3O3/c1-2-26-16(25)14-12(9-24)22-23-13(7-8-21-15(14)23)10-3-5-11(6-4-10)17(18,19)20/h3-8,24H,2,9H2,1H3. The molecule has 3 rings (SSSR count). The molecule has 0 fully saturated rings. The summed E-state index contributed by atoms with van der Waals surface area (Å²) in [5.41, 5.74) is 0.375. The summed E-state index contributed by atoms with van der Waals surface area (Å²) in [7, 11) is 0. The summed E-state index contributed by atoms with van der Waals surface area (Å²) in [6.07, 6.45) is -3.02. The molecule has 26 heavy (non-hydrogen) atoms. The molecule has 0 aliphatic heterocycles. The molecule has 0 saturated heterocycles. The van der Waals surface area contributed by atoms with E-state index < -0.39 is 24.3 Å². The second kappa shape index (κ2) is 6.75. The van der Waals surface area contributed by atoms with Gasteiger partial charge in [-0.05, 0) is 25.1 Å². The molecule has 2 aromatic heterocycles. The van der Waals surface area contributed by atoms with Crippen molar-refractivity contribution in [3.63, 3.8) is 0 Å². The first-order valence-corrected chi connectivity index (χ1v) is 7.69. The first kappa shape index (κ1) is 17.9. The molecule has 0 saturated carbocycles. The minimum atomic E-state index is -4.43. The van der Waals surface area contributed by atoms with Crippen molar-refractivity contribution < 1.29 is 27.8 Å². The second-order valence-corrected chi connectivity index (χ2v) is 5.34. The van der Waals surface area contributed by atoms with E-state index in [2.05, 4.69) is 10.1 Å². The van der Waals surface area contributed by atoms with Gasteiger partial charge in [0, 0.05) is 11.8 Å². The summed E-state index contributed by atoms with van der Waals surface area (Å²) in [6.45, 7) is 1.27. The van der Waals surface area contributed by atoms with Crippen LogP contribution in [0.2, 0.25) is 0 Å². The number of aliphatic hydroxyl groups excluding tert-OH is 1. The van der Waals surface area contributed by atoms with E-state index >= 15 is 0 Å². The van der Waals surface area contributed by atoms with Crippen molar-refractivity contribution in [2.24, 2.45) is 0 Å². The van der Waals surface area contributed by atoms with E-state index in [1.807, 2.05) is 0 Å². The van der Waals surface area contributed by atoms with Gasteiger partial charge >= 0.3 is 12.1 Å². The fraction of sp³-hybridized carbons (Fsp3) is 0.235. The lowest BCUT2D eigenvalue weighted by Crippen LogP contribution is -2.07. The Morgan fingerprint density at radius 1 is 1.23 bits per heavy atom. The molecule has 6 nitrogen and oxygen atoms in total. The van der Waals surface area contributed by atoms with Gasteiger partial charge in [0.2, 0.25) is 0 Å². The predicted octanol–water partition coefficient (Wildman–Crippen LogP) is 3.08. The van der Waals surface area contributed by atoms with Crippen molar-refractivity contribution in [2.75, 3.05) is 6.61 Å². The maximum atomic E-state index is 12.7. The number of carbonyl (C=O) groups excluding carboxylic acids is 1. The smallest absolute Gasteiger partial charge is 0.416 e. The monoisotopic (exact) mass is 365 g/mol. The Hall–Kier alpha value is -2.94. The number of aromatic nitrogens is 3. The summed E-state index contributed by atoms with van der Waals surface area (Å²) in [4.78, 5) is 16.3. The largest absolute Gasteiger partial charge is 0.462 e. The number of alkyl halides is 3. The molecule has 0 radical (unpaired) electrons. The first-order valence-electron chi connectivity index (χ1n) is 7.69. The van der Waals surface area contributed by atoms with E-state index in [0.717, 1.165) is 12.1 Å². The Bertz CT molecular complexity index is 950. The third-order valence-electron chi connectivity index (χ3n) is 3.73. The molecule has 3 aromatic rings. The average Bonchev–Trinajstić information content (AvgIpc) is 3.00. The molecule has 0 aliphatic rings. The molecule has 1 N–H and O–H groups in total. The normalized spacial score (nSPS) is 11.7. The quantitative estimate of drug-likeness (QED) is 0.719. The van der Waals surface area contributed by atoms with Gasteiger partial charge in [0.25, 0.3) is 0 Å². The van der Waals surface area contributed by atoms with Crippen LogP contribution in [0.25, 0.3) is 16.9 Å². The van der Waals surface area contributed by atoms with Crippen LogP contribution < -0.4 is 0 Å². The summed E-state index contributed by atoms with van der Waals surface area (Å²) in [5, 5.41) is 13.7. The number of rotatable bonds is 4. The van der Waals surface area contributed by atoms with Crippen LogP contribution in [0.3, 0.4) is 0 Å². The highest BCUT2D eigenvalue weighted by atomic mass is 19.4. The van der Waals surface area contributed by atoms with Crippen molar-refractivity contribution in [1.29, 1.82) is 0 Å². The molecule has 9 heteroatoms. The minimum Gasteiger partial charge on any atom is -0.462 e. The number of ether oxygens (including phenoxy) is 1. The van der Waals surface area contributed by atoms with E-state index in [0.29, 0.717) is 11.3 Å². The molecule has 0 unspecified atom stereocenters. The number of fused-ring (bicyclic) bond motifs is 1. The van der Waals surface area contributed by atoms with Gasteiger partial charge in [-0.25, -0.2) is 14.3 Å². The Morgan fingerprint density at radius 3 is 2.50 bits per heavy atom. The summed E-state index contributed by atoms with van der Waals surface area (Å²) >= 11 is 0. The van der Waals surface area contributed by atoms with Crippen molar-refractivity contribution in [3.05, 3.63) is 53.3 Å². The maximum absolute atomic E-state index is 12.7. The van der Waals surface area contributed by atoms with Gasteiger partial charge < -0.3 is 9.84 Å². The van der Waals surface area contributed by atoms with Crippen molar-refractivity contribution in [2.45, 2.75) is 19.7 Å². The third-order valence-corrected chi connectivity index (χ3v) is 3.73. The van der Waals surface area contributed by atoms with Gasteiger partial charge in [-0.1, -0.05) is 12.1 Å². The fourth-order valence-corrected chi connectivity index (χ4v) is 2.56. The highest BCUT2D eigenvalue weighted by Gasteiger charge is 2.30. The molecular formula is C17H14F3N3O3. The Morgan fingerprint density at radius 2 is 1.92 bits per heavy atom. The van der Waals surface area contributed by atoms with E-state index in [9.17, 15) is 23.1 Å². The zero-order valence-corrected chi connectivity index (χ0v) is 13.6. The Labute approximate surface area is 145 Å². The highest BCUT2D eigenvalue weighted by molar-refractivity contribution is 5.97. The summed E-state index contributed by atoms with van der Waals surface area (Å²) in [5.74, 6) is -0.677. The third kappa shape index (κ3) is 3.13. The van der Waals surface area contributed by atoms with Crippen LogP contribution in [0.4, 0.5) is 13.2 Å². The maximum Gasteiger partial charge on any atom is 0.416 e. The van der Waals surface area contributed by atoms with Crippen LogP contribution in [0.1, 0.15) is 28.5 Å². The summed E-state index contributed by atoms with van der Waals surface area (Å²) < 4.78 is 44.5. The van der Waals surface area contributed by atoms with E-state index in [4.69, 9.17) is 4.74 Å². The zero-order chi connectivity index (χ0) is 18.9. The molecule has 0 spiro atoms. The van der Waals surface area contributed by atoms with Gasteiger partial charge in [-0.3, -0.25) is 0 Å². The number of hydrogen-bond donors (Lipinski definition) is 1. The van der Waals surface area contributed by atoms with Crippen molar-refractivity contribution >= 4 is 11.6 Å². The number of benzene rings is 1. The van der Waals surface area contributed by atoms with Gasteiger partial charge in [-0.15, -0.1) is 0 Å². The van der Waals surface area contributed by atoms with Crippen LogP contribution >= 0.6 is 0 Å². The Kier molecular flexibility index (Phi) is 4.64. The predicted molar refractivity (Wildman–Crippen MR) is 85.3 cm³/mol. The number of hydrogen-bond acceptors (Lipinski definition) is 5. The zero-order valence-electron chi connectivity index (χ0n) is 13.6. The molecule has 0 bridgehead atoms. The number of carbonyl (C=O) groups is 1. The molecule has 2 heterocycles. The number of halogens is 3. The molecular weight excluding hydrogens is 351 g/mol. The molecule has 0 amide bonds. The topological polar surface area (TPSA) is 76.7 Å². The number of nitrogens with zero attached hydrogens (tertiary/aromatic N) is 3. The lowest BCUT2D eigenvalue weighted by Gasteiger charge is -2.08. The number of aliphatic hydroxyl groups is 1. The van der Waals surface area contributed by atoms with Gasteiger partial charge in [0.1, 0.15) is 11.3 Å². The lowest BCUT2D eigenvalue weighted by atomic mass is 10.1. The van der Waals surface area contributed by atoms with Crippen LogP contribution in [0.15, 0.2) is 36.5 Å². The van der Waals surface area contributed by atoms with Crippen LogP contribution in [-0.4, -0.2) is 32.3 Å². The van der Waals surface area contributed by atoms with E-state index in [-0.39, 0.29) is 23.5 Å². The van der Waals surface area contributed by atoms with Crippen LogP contribution in [0, 0.1) is 0 Å². The first-order chi connectivity index (χ1) is 12.4. The Balaban J connectivity index is 2.15. The molecule has 0 atom stereocenters. The minimum absolute atomic E-state index is 0.0307. The molecule has 0 aliphatic carbocycles. The molecule has 1 aromatic carbocycles. The number of esters is 1. The van der Waals surface area contributed by atoms with Crippen LogP contribution in [-0.2, 0) is 17.5 Å². The van der Waals surface area contributed by atoms with Gasteiger partial charge in [-0.2, -0.15) is 18.3 Å². The van der Waals surface area contributed by atoms with Gasteiger partial charge in [0.15, 0.2) is 5.65 Å². The fourth-order valence-electron chi connectivity index (χ4n) is 2.56. The van der Waals surface area contributed by atoms with E-state index in [1.165, 1.54) is 22.8 Å². The van der Waals surface area contributed by atoms with Gasteiger partial charge in [0.05, 0.1) is 24.5 Å². The van der Waals surface area contributed by atoms with Crippen molar-refractivity contribution in [3.8, 4) is 11.3 Å². The van der Waals surface area contributed by atoms with Crippen LogP contribution in [0.5, 0.6) is 0 Å². The summed E-state index contributed by atoms with van der Waals surface area (Å²) in [6, 6.07) is 6.09. The highest BCUT2D eigenvalue weighted by Crippen LogP contribution is 2.31. The second-order valence-electron chi connectivity index (χ2n) is 5.34. The molecule has 136 valence electrons.